The molecule has 0 radical (unpaired) electrons. The van der Waals surface area contributed by atoms with E-state index in [4.69, 9.17) is 23.9 Å². The number of fused-ring (bicyclic) bond motifs is 6. The third kappa shape index (κ3) is 9.55. The lowest BCUT2D eigenvalue weighted by Gasteiger charge is -2.35. The van der Waals surface area contributed by atoms with E-state index in [9.17, 15) is 23.1 Å². The molecule has 1 fully saturated rings. The molecule has 326 valence electrons. The number of hydrogen-bond acceptors (Lipinski definition) is 11. The summed E-state index contributed by atoms with van der Waals surface area (Å²) in [5.41, 5.74) is 8.80. The maximum absolute atomic E-state index is 14.5. The highest BCUT2D eigenvalue weighted by Gasteiger charge is 2.37. The Labute approximate surface area is 358 Å². The molecule has 1 saturated heterocycles. The summed E-state index contributed by atoms with van der Waals surface area (Å²) in [5, 5.41) is 13.4. The summed E-state index contributed by atoms with van der Waals surface area (Å²) in [6.45, 7) is 15.1. The van der Waals surface area contributed by atoms with Crippen LogP contribution in [-0.2, 0) is 48.5 Å². The van der Waals surface area contributed by atoms with Crippen molar-refractivity contribution in [3.8, 4) is 28.4 Å². The van der Waals surface area contributed by atoms with E-state index in [1.807, 2.05) is 52.0 Å². The zero-order chi connectivity index (χ0) is 44.2. The maximum Gasteiger partial charge on any atom is 0.324 e. The number of sulfonamides is 1. The molecule has 0 spiro atoms. The molecule has 1 aromatic heterocycles. The van der Waals surface area contributed by atoms with E-state index in [2.05, 4.69) is 34.3 Å². The van der Waals surface area contributed by atoms with Gasteiger partial charge in [-0.2, -0.15) is 4.72 Å². The van der Waals surface area contributed by atoms with Crippen molar-refractivity contribution in [2.45, 2.75) is 89.9 Å². The topological polar surface area (TPSA) is 170 Å². The first-order valence-corrected chi connectivity index (χ1v) is 21.9. The predicted octanol–water partition coefficient (Wildman–Crippen LogP) is 6.58. The minimum absolute atomic E-state index is 0.0222. The first kappa shape index (κ1) is 45.1. The fraction of sp³-hybridized carbons (Fsp3) is 0.413. The monoisotopic (exact) mass is 855 g/mol. The van der Waals surface area contributed by atoms with E-state index in [0.29, 0.717) is 48.4 Å². The van der Waals surface area contributed by atoms with Crippen LogP contribution in [0, 0.1) is 5.41 Å². The van der Waals surface area contributed by atoms with Crippen molar-refractivity contribution in [1.29, 1.82) is 0 Å². The van der Waals surface area contributed by atoms with Crippen molar-refractivity contribution >= 4 is 44.6 Å². The van der Waals surface area contributed by atoms with Gasteiger partial charge in [-0.05, 0) is 105 Å². The van der Waals surface area contributed by atoms with Gasteiger partial charge in [0.2, 0.25) is 10.0 Å². The van der Waals surface area contributed by atoms with Gasteiger partial charge < -0.3 is 28.6 Å². The molecule has 3 heterocycles. The number of methoxy groups -OCH3 is 3. The van der Waals surface area contributed by atoms with Crippen LogP contribution in [0.15, 0.2) is 82.8 Å². The number of cyclic esters (lactones) is 1. The Balaban J connectivity index is 1.56. The van der Waals surface area contributed by atoms with Crippen LogP contribution in [0.4, 0.5) is 0 Å². The molecule has 3 aromatic carbocycles. The summed E-state index contributed by atoms with van der Waals surface area (Å²) in [6.07, 6.45) is 4.42. The van der Waals surface area contributed by atoms with Crippen molar-refractivity contribution < 1.29 is 42.1 Å². The number of nitrogens with zero attached hydrogens (tertiary/aromatic N) is 3. The number of allylic oxidation sites excluding steroid dienone is 2. The van der Waals surface area contributed by atoms with E-state index in [1.54, 1.807) is 19.4 Å². The van der Waals surface area contributed by atoms with Crippen LogP contribution in [-0.4, -0.2) is 93.9 Å². The largest absolute Gasteiger partial charge is 0.508 e. The number of phenolic OH excluding ortho intramolecular Hbond substituents is 1. The van der Waals surface area contributed by atoms with Crippen molar-refractivity contribution in [2.75, 3.05) is 34.5 Å². The zero-order valence-electron chi connectivity index (χ0n) is 36.2. The molecule has 1 amide bonds. The first-order chi connectivity index (χ1) is 29.1. The number of carbonyl (C=O) groups excluding carboxylic acids is 2. The molecule has 6 rings (SSSR count). The van der Waals surface area contributed by atoms with E-state index in [0.717, 1.165) is 33.3 Å². The van der Waals surface area contributed by atoms with E-state index >= 15 is 0 Å². The average molecular weight is 856 g/mol. The maximum atomic E-state index is 14.5. The van der Waals surface area contributed by atoms with Crippen molar-refractivity contribution in [3.05, 3.63) is 89.8 Å². The Morgan fingerprint density at radius 3 is 2.54 bits per heavy atom. The molecular weight excluding hydrogens is 799 g/mol. The van der Waals surface area contributed by atoms with Gasteiger partial charge >= 0.3 is 5.97 Å². The summed E-state index contributed by atoms with van der Waals surface area (Å²) in [5.74, 6) is -0.791. The summed E-state index contributed by atoms with van der Waals surface area (Å²) in [7, 11) is 0.0435. The Hall–Kier alpha value is -5.48. The van der Waals surface area contributed by atoms with Gasteiger partial charge in [0.05, 0.1) is 38.3 Å². The zero-order valence-corrected chi connectivity index (χ0v) is 37.0. The molecule has 0 unspecified atom stereocenters. The highest BCUT2D eigenvalue weighted by molar-refractivity contribution is 7.89. The lowest BCUT2D eigenvalue weighted by atomic mass is 9.84. The van der Waals surface area contributed by atoms with Crippen LogP contribution in [0.25, 0.3) is 27.6 Å². The molecular formula is C46H57N5O9S. The molecule has 61 heavy (non-hydrogen) atoms. The number of aromatic hydroxyl groups is 1. The Morgan fingerprint density at radius 1 is 1.10 bits per heavy atom. The van der Waals surface area contributed by atoms with Crippen LogP contribution >= 0.6 is 0 Å². The Kier molecular flexibility index (Phi) is 13.8. The third-order valence-corrected chi connectivity index (χ3v) is 12.7. The molecule has 14 nitrogen and oxygen atoms in total. The van der Waals surface area contributed by atoms with Gasteiger partial charge in [-0.1, -0.05) is 38.6 Å². The molecule has 0 aliphatic carbocycles. The van der Waals surface area contributed by atoms with Crippen molar-refractivity contribution in [2.24, 2.45) is 10.4 Å². The van der Waals surface area contributed by atoms with Gasteiger partial charge in [0.1, 0.15) is 34.2 Å². The Bertz CT molecular complexity index is 2490. The van der Waals surface area contributed by atoms with Crippen LogP contribution in [0.3, 0.4) is 0 Å². The van der Waals surface area contributed by atoms with Crippen LogP contribution < -0.4 is 19.6 Å². The van der Waals surface area contributed by atoms with Gasteiger partial charge in [0.15, 0.2) is 0 Å². The van der Waals surface area contributed by atoms with Gasteiger partial charge in [0, 0.05) is 54.4 Å². The van der Waals surface area contributed by atoms with Gasteiger partial charge in [0.25, 0.3) is 5.91 Å². The summed E-state index contributed by atoms with van der Waals surface area (Å²) in [4.78, 5) is 32.9. The summed E-state index contributed by atoms with van der Waals surface area (Å²) < 4.78 is 55.6. The molecule has 0 saturated carbocycles. The number of aromatic nitrogens is 1. The number of aliphatic imine (C=N–C) groups is 1. The lowest BCUT2D eigenvalue weighted by Crippen LogP contribution is -2.60. The van der Waals surface area contributed by atoms with Crippen LogP contribution in [0.5, 0.6) is 17.2 Å². The van der Waals surface area contributed by atoms with Crippen LogP contribution in [0.1, 0.15) is 64.3 Å². The number of carbonyl (C=O) groups is 2. The number of ether oxygens (including phenoxy) is 4. The molecule has 6 bridgehead atoms. The second-order valence-corrected chi connectivity index (χ2v) is 17.8. The van der Waals surface area contributed by atoms with E-state index < -0.39 is 39.4 Å². The molecule has 3 N–H and O–H groups in total. The number of aryl methyl sites for hydroxylation is 1. The second kappa shape index (κ2) is 18.6. The predicted molar refractivity (Wildman–Crippen MR) is 236 cm³/mol. The van der Waals surface area contributed by atoms with Gasteiger partial charge in [-0.25, -0.2) is 13.8 Å². The SMILES string of the molecule is C=C/C(=C(\N=CC)[C@H](C)OC)c1c2c3cc(ccc3n1CC)-c1cc(O)cc(c1)C[C@H](NS(=O)(=O)c1ccc(OC)cc1OC)C(=O)N1CCC[C@H](N1)C(=O)OCC(C)(C)C2. The average Bonchev–Trinajstić information content (AvgIpc) is 3.54. The van der Waals surface area contributed by atoms with Crippen LogP contribution in [0.2, 0.25) is 0 Å². The third-order valence-electron chi connectivity index (χ3n) is 11.2. The van der Waals surface area contributed by atoms with Gasteiger partial charge in [-0.15, -0.1) is 0 Å². The minimum Gasteiger partial charge on any atom is -0.508 e. The van der Waals surface area contributed by atoms with E-state index in [1.165, 1.54) is 43.5 Å². The quantitative estimate of drug-likeness (QED) is 0.0851. The second-order valence-electron chi connectivity index (χ2n) is 16.1. The number of hydrazine groups is 1. The molecule has 2 aliphatic heterocycles. The van der Waals surface area contributed by atoms with Crippen molar-refractivity contribution in [3.63, 3.8) is 0 Å². The molecule has 3 atom stereocenters. The lowest BCUT2D eigenvalue weighted by molar-refractivity contribution is -0.155. The number of nitrogens with one attached hydrogen (secondary N) is 2. The highest BCUT2D eigenvalue weighted by Crippen LogP contribution is 2.41. The van der Waals surface area contributed by atoms with E-state index in [-0.39, 0.29) is 42.1 Å². The number of phenols is 1. The number of benzene rings is 3. The smallest absolute Gasteiger partial charge is 0.324 e. The molecule has 15 heteroatoms. The normalized spacial score (nSPS) is 19.6. The highest BCUT2D eigenvalue weighted by atomic mass is 32.2. The number of amides is 1. The fourth-order valence-corrected chi connectivity index (χ4v) is 9.55. The minimum atomic E-state index is -4.40. The number of rotatable bonds is 11. The number of esters is 1. The van der Waals surface area contributed by atoms with Gasteiger partial charge in [-0.3, -0.25) is 19.6 Å². The number of hydrogen-bond donors (Lipinski definition) is 3. The van der Waals surface area contributed by atoms with Crippen molar-refractivity contribution in [1.82, 2.24) is 19.7 Å². The summed E-state index contributed by atoms with van der Waals surface area (Å²) in [6, 6.07) is 13.1. The molecule has 4 aromatic rings. The Morgan fingerprint density at radius 2 is 1.87 bits per heavy atom. The standard InChI is InChI=1S/C46H57N5O9S/c1-10-34(42(47-11-2)28(4)57-7)43-36-26-46(5,6)27-60-45(54)37-14-13-19-51(48-37)44(53)38(49-61(55,56)41-18-16-33(58-8)25-40(41)59-9)22-29-20-31(23-32(52)21-29)30-15-17-39(35(36)24-30)50(43)12-3/h10-11,15-18,20-21,23-25,28,37-38,48-49,52H,1,12-14,19,22,26-27H2,2-9H3/b42-34+,47-11?/t28-,37-,38-/m0/s1. The molecule has 2 aliphatic rings. The first-order valence-electron chi connectivity index (χ1n) is 20.4. The fourth-order valence-electron chi connectivity index (χ4n) is 8.21. The summed E-state index contributed by atoms with van der Waals surface area (Å²) >= 11 is 0.